The van der Waals surface area contributed by atoms with Crippen LogP contribution in [0.25, 0.3) is 6.08 Å². The largest absolute Gasteiger partial charge is 0.504 e. The molecule has 0 aliphatic rings. The molecule has 24 heavy (non-hydrogen) atoms. The third-order valence-electron chi connectivity index (χ3n) is 3.62. The van der Waals surface area contributed by atoms with Gasteiger partial charge in [-0.05, 0) is 42.7 Å². The number of hydrogen-bond donors (Lipinski definition) is 1. The summed E-state index contributed by atoms with van der Waals surface area (Å²) in [6.45, 7) is 2.10. The van der Waals surface area contributed by atoms with Crippen LogP contribution in [0.2, 0.25) is 0 Å². The number of ether oxygens (including phenoxy) is 2. The van der Waals surface area contributed by atoms with Crippen LogP contribution in [0, 0.1) is 0 Å². The highest BCUT2D eigenvalue weighted by atomic mass is 16.5. The van der Waals surface area contributed by atoms with E-state index in [9.17, 15) is 9.90 Å². The lowest BCUT2D eigenvalue weighted by molar-refractivity contribution is -0.128. The molecule has 0 amide bonds. The summed E-state index contributed by atoms with van der Waals surface area (Å²) in [6, 6.07) is 12.3. The van der Waals surface area contributed by atoms with E-state index >= 15 is 0 Å². The first kappa shape index (κ1) is 17.6. The number of rotatable bonds is 7. The first-order valence-corrected chi connectivity index (χ1v) is 7.99. The van der Waals surface area contributed by atoms with Crippen LogP contribution in [0.4, 0.5) is 0 Å². The molecule has 0 unspecified atom stereocenters. The smallest absolute Gasteiger partial charge is 0.336 e. The van der Waals surface area contributed by atoms with Crippen molar-refractivity contribution in [2.24, 2.45) is 0 Å². The maximum atomic E-state index is 11.9. The van der Waals surface area contributed by atoms with Crippen LogP contribution in [0.1, 0.15) is 30.9 Å². The van der Waals surface area contributed by atoms with Gasteiger partial charge in [-0.2, -0.15) is 0 Å². The molecule has 0 bridgehead atoms. The van der Waals surface area contributed by atoms with Crippen molar-refractivity contribution in [3.05, 3.63) is 59.7 Å². The van der Waals surface area contributed by atoms with Crippen molar-refractivity contribution in [2.75, 3.05) is 7.11 Å². The van der Waals surface area contributed by atoms with E-state index in [0.29, 0.717) is 11.5 Å². The molecule has 0 fully saturated rings. The average Bonchev–Trinajstić information content (AvgIpc) is 2.59. The second-order valence-electron chi connectivity index (χ2n) is 5.36. The number of carbonyl (C=O) groups excluding carboxylic acids is 1. The van der Waals surface area contributed by atoms with Crippen molar-refractivity contribution in [3.8, 4) is 17.2 Å². The standard InChI is InChI=1S/C20H22O4/c1-3-4-10-17-15(11-13-18(21)20(17)23-2)12-14-19(22)24-16-8-6-5-7-9-16/h5-9,11-14,21H,3-4,10H2,1-2H3. The Morgan fingerprint density at radius 3 is 2.58 bits per heavy atom. The quantitative estimate of drug-likeness (QED) is 0.466. The van der Waals surface area contributed by atoms with Gasteiger partial charge in [0.1, 0.15) is 5.75 Å². The minimum atomic E-state index is -0.449. The summed E-state index contributed by atoms with van der Waals surface area (Å²) >= 11 is 0. The van der Waals surface area contributed by atoms with Crippen LogP contribution in [0.3, 0.4) is 0 Å². The number of carbonyl (C=O) groups is 1. The third kappa shape index (κ3) is 4.62. The normalized spacial score (nSPS) is 10.8. The summed E-state index contributed by atoms with van der Waals surface area (Å²) in [4.78, 5) is 11.9. The molecule has 126 valence electrons. The van der Waals surface area contributed by atoms with E-state index < -0.39 is 5.97 Å². The van der Waals surface area contributed by atoms with Crippen LogP contribution in [0.15, 0.2) is 48.5 Å². The Morgan fingerprint density at radius 2 is 1.92 bits per heavy atom. The summed E-state index contributed by atoms with van der Waals surface area (Å²) in [7, 11) is 1.53. The molecular formula is C20H22O4. The Balaban J connectivity index is 2.19. The molecule has 0 aliphatic carbocycles. The van der Waals surface area contributed by atoms with Gasteiger partial charge in [-0.3, -0.25) is 0 Å². The Labute approximate surface area is 142 Å². The van der Waals surface area contributed by atoms with Crippen LogP contribution in [-0.2, 0) is 11.2 Å². The third-order valence-corrected chi connectivity index (χ3v) is 3.62. The molecule has 4 heteroatoms. The van der Waals surface area contributed by atoms with E-state index in [0.717, 1.165) is 30.4 Å². The molecule has 2 aromatic rings. The minimum Gasteiger partial charge on any atom is -0.504 e. The first-order chi connectivity index (χ1) is 11.7. The zero-order valence-electron chi connectivity index (χ0n) is 14.0. The van der Waals surface area contributed by atoms with E-state index in [1.54, 1.807) is 42.5 Å². The highest BCUT2D eigenvalue weighted by Gasteiger charge is 2.12. The Hall–Kier alpha value is -2.75. The van der Waals surface area contributed by atoms with Crippen molar-refractivity contribution in [2.45, 2.75) is 26.2 Å². The number of benzene rings is 2. The van der Waals surface area contributed by atoms with E-state index in [4.69, 9.17) is 9.47 Å². The molecule has 0 aliphatic heterocycles. The molecular weight excluding hydrogens is 304 g/mol. The second kappa shape index (κ2) is 8.77. The predicted octanol–water partition coefficient (Wildman–Crippen LogP) is 4.36. The van der Waals surface area contributed by atoms with Gasteiger partial charge in [0.2, 0.25) is 0 Å². The molecule has 0 aromatic heterocycles. The lowest BCUT2D eigenvalue weighted by Gasteiger charge is -2.13. The molecule has 1 N–H and O–H groups in total. The fraction of sp³-hybridized carbons (Fsp3) is 0.250. The van der Waals surface area contributed by atoms with Crippen LogP contribution in [0.5, 0.6) is 17.2 Å². The van der Waals surface area contributed by atoms with Gasteiger partial charge in [0.15, 0.2) is 11.5 Å². The van der Waals surface area contributed by atoms with E-state index in [1.165, 1.54) is 13.2 Å². The average molecular weight is 326 g/mol. The van der Waals surface area contributed by atoms with Crippen molar-refractivity contribution in [1.82, 2.24) is 0 Å². The molecule has 4 nitrogen and oxygen atoms in total. The number of aromatic hydroxyl groups is 1. The molecule has 0 atom stereocenters. The summed E-state index contributed by atoms with van der Waals surface area (Å²) < 4.78 is 10.5. The summed E-state index contributed by atoms with van der Waals surface area (Å²) in [6.07, 6.45) is 5.83. The highest BCUT2D eigenvalue weighted by Crippen LogP contribution is 2.34. The molecule has 0 spiro atoms. The van der Waals surface area contributed by atoms with Gasteiger partial charge in [0.25, 0.3) is 0 Å². The summed E-state index contributed by atoms with van der Waals surface area (Å²) in [5.41, 5.74) is 1.73. The van der Waals surface area contributed by atoms with Gasteiger partial charge in [-0.15, -0.1) is 0 Å². The minimum absolute atomic E-state index is 0.104. The monoisotopic (exact) mass is 326 g/mol. The van der Waals surface area contributed by atoms with Crippen molar-refractivity contribution < 1.29 is 19.4 Å². The lowest BCUT2D eigenvalue weighted by Crippen LogP contribution is -2.03. The van der Waals surface area contributed by atoms with Crippen LogP contribution >= 0.6 is 0 Å². The Morgan fingerprint density at radius 1 is 1.17 bits per heavy atom. The fourth-order valence-corrected chi connectivity index (χ4v) is 2.42. The number of para-hydroxylation sites is 1. The predicted molar refractivity (Wildman–Crippen MR) is 94.4 cm³/mol. The number of unbranched alkanes of at least 4 members (excludes halogenated alkanes) is 1. The molecule has 0 heterocycles. The van der Waals surface area contributed by atoms with Gasteiger partial charge in [-0.25, -0.2) is 4.79 Å². The topological polar surface area (TPSA) is 55.8 Å². The Kier molecular flexibility index (Phi) is 6.43. The number of esters is 1. The van der Waals surface area contributed by atoms with Gasteiger partial charge in [-0.1, -0.05) is 37.6 Å². The number of phenolic OH excluding ortho intramolecular Hbond substituents is 1. The zero-order valence-corrected chi connectivity index (χ0v) is 14.0. The number of methoxy groups -OCH3 is 1. The summed E-state index contributed by atoms with van der Waals surface area (Å²) in [5, 5.41) is 9.95. The van der Waals surface area contributed by atoms with E-state index in [1.807, 2.05) is 6.07 Å². The zero-order chi connectivity index (χ0) is 17.4. The number of hydrogen-bond acceptors (Lipinski definition) is 4. The first-order valence-electron chi connectivity index (χ1n) is 7.99. The second-order valence-corrected chi connectivity index (χ2v) is 5.36. The number of phenols is 1. The lowest BCUT2D eigenvalue weighted by atomic mass is 9.99. The fourth-order valence-electron chi connectivity index (χ4n) is 2.42. The Bertz CT molecular complexity index is 705. The van der Waals surface area contributed by atoms with Gasteiger partial charge >= 0.3 is 5.97 Å². The molecule has 2 rings (SSSR count). The van der Waals surface area contributed by atoms with Crippen molar-refractivity contribution >= 4 is 12.0 Å². The van der Waals surface area contributed by atoms with Crippen LogP contribution < -0.4 is 9.47 Å². The van der Waals surface area contributed by atoms with Crippen molar-refractivity contribution in [1.29, 1.82) is 0 Å². The highest BCUT2D eigenvalue weighted by molar-refractivity contribution is 5.89. The van der Waals surface area contributed by atoms with Gasteiger partial charge in [0.05, 0.1) is 7.11 Å². The molecule has 0 saturated heterocycles. The van der Waals surface area contributed by atoms with Crippen LogP contribution in [-0.4, -0.2) is 18.2 Å². The maximum absolute atomic E-state index is 11.9. The molecule has 0 radical (unpaired) electrons. The van der Waals surface area contributed by atoms with Crippen molar-refractivity contribution in [3.63, 3.8) is 0 Å². The van der Waals surface area contributed by atoms with Gasteiger partial charge < -0.3 is 14.6 Å². The summed E-state index contributed by atoms with van der Waals surface area (Å²) in [5.74, 6) is 0.617. The maximum Gasteiger partial charge on any atom is 0.336 e. The molecule has 0 saturated carbocycles. The van der Waals surface area contributed by atoms with E-state index in [-0.39, 0.29) is 5.75 Å². The molecule has 2 aromatic carbocycles. The van der Waals surface area contributed by atoms with E-state index in [2.05, 4.69) is 6.92 Å². The van der Waals surface area contributed by atoms with Gasteiger partial charge in [0, 0.05) is 11.6 Å². The SMILES string of the molecule is CCCCc1c(C=CC(=O)Oc2ccccc2)ccc(O)c1OC.